The zero-order valence-corrected chi connectivity index (χ0v) is 27.0. The molecule has 206 valence electrons. The van der Waals surface area contributed by atoms with Gasteiger partial charge in [-0.05, 0) is 0 Å². The first kappa shape index (κ1) is 63.3. The number of rotatable bonds is 9. The van der Waals surface area contributed by atoms with Gasteiger partial charge in [0.1, 0.15) is 0 Å². The summed E-state index contributed by atoms with van der Waals surface area (Å²) < 4.78 is 0. The molecule has 0 saturated heterocycles. The maximum absolute atomic E-state index is 2.27. The summed E-state index contributed by atoms with van der Waals surface area (Å²) in [6, 6.07) is 0. The van der Waals surface area contributed by atoms with Crippen molar-refractivity contribution in [3.05, 3.63) is 0 Å². The first-order valence-electron chi connectivity index (χ1n) is 14.7. The van der Waals surface area contributed by atoms with Crippen molar-refractivity contribution in [3.63, 3.8) is 0 Å². The van der Waals surface area contributed by atoms with E-state index in [1.54, 1.807) is 0 Å². The smallest absolute Gasteiger partial charge is 0.0533 e. The zero-order chi connectivity index (χ0) is 26.5. The SMILES string of the molecule is CC.CC.CC.CC.CC.CC.CCC.CCCCC.CCCCCCCCCC.O. The summed E-state index contributed by atoms with van der Waals surface area (Å²) >= 11 is 0. The Kier molecular flexibility index (Phi) is 358. The molecule has 2 N–H and O–H groups in total. The lowest BCUT2D eigenvalue weighted by molar-refractivity contribution is 0.585. The molecule has 0 spiro atoms. The molecule has 1 heteroatoms. The molecule has 1 nitrogen and oxygen atoms in total. The second-order valence-corrected chi connectivity index (χ2v) is 5.18. The van der Waals surface area contributed by atoms with Crippen molar-refractivity contribution >= 4 is 0 Å². The van der Waals surface area contributed by atoms with Gasteiger partial charge < -0.3 is 5.48 Å². The Morgan fingerprint density at radius 1 is 0.258 bits per heavy atom. The normalized spacial score (nSPS) is 6.39. The predicted molar refractivity (Wildman–Crippen MR) is 161 cm³/mol. The lowest BCUT2D eigenvalue weighted by Gasteiger charge is -1.97. The molecule has 0 rings (SSSR count). The quantitative estimate of drug-likeness (QED) is 0.309. The Hall–Kier alpha value is -0.0400. The summed E-state index contributed by atoms with van der Waals surface area (Å²) in [5.74, 6) is 0. The van der Waals surface area contributed by atoms with Gasteiger partial charge in [-0.3, -0.25) is 0 Å². The molecular weight excluding hydrogens is 376 g/mol. The minimum Gasteiger partial charge on any atom is -0.412 e. The highest BCUT2D eigenvalue weighted by Crippen LogP contribution is 2.07. The maximum Gasteiger partial charge on any atom is -0.0533 e. The van der Waals surface area contributed by atoms with Crippen LogP contribution in [-0.2, 0) is 0 Å². The molecule has 0 saturated carbocycles. The van der Waals surface area contributed by atoms with Crippen LogP contribution in [0.3, 0.4) is 0 Å². The summed E-state index contributed by atoms with van der Waals surface area (Å²) in [5.41, 5.74) is 0. The van der Waals surface area contributed by atoms with Crippen molar-refractivity contribution < 1.29 is 5.48 Å². The van der Waals surface area contributed by atoms with E-state index in [2.05, 4.69) is 41.5 Å². The molecule has 0 bridgehead atoms. The lowest BCUT2D eigenvalue weighted by Crippen LogP contribution is -1.77. The monoisotopic (exact) mass is 457 g/mol. The van der Waals surface area contributed by atoms with Crippen LogP contribution < -0.4 is 0 Å². The Balaban J connectivity index is -0.0000000226. The Morgan fingerprint density at radius 2 is 0.387 bits per heavy atom. The third kappa shape index (κ3) is 292. The van der Waals surface area contributed by atoms with Crippen LogP contribution in [0.5, 0.6) is 0 Å². The lowest BCUT2D eigenvalue weighted by atomic mass is 10.1. The predicted octanol–water partition coefficient (Wildman–Crippen LogP) is 13.1. The first-order valence-corrected chi connectivity index (χ1v) is 14.7. The molecule has 0 amide bonds. The van der Waals surface area contributed by atoms with Crippen LogP contribution in [0.1, 0.15) is 202 Å². The Bertz CT molecular complexity index is 82.4. The van der Waals surface area contributed by atoms with E-state index in [0.717, 1.165) is 0 Å². The molecule has 0 aliphatic heterocycles. The number of hydrogen-bond donors (Lipinski definition) is 0. The Morgan fingerprint density at radius 3 is 0.484 bits per heavy atom. The fraction of sp³-hybridized carbons (Fsp3) is 1.00. The van der Waals surface area contributed by atoms with Crippen LogP contribution in [0, 0.1) is 0 Å². The molecule has 0 aromatic heterocycles. The largest absolute Gasteiger partial charge is 0.412 e. The molecular formula is C30H80O. The van der Waals surface area contributed by atoms with Gasteiger partial charge in [0.2, 0.25) is 0 Å². The second-order valence-electron chi connectivity index (χ2n) is 5.18. The minimum atomic E-state index is 0. The van der Waals surface area contributed by atoms with Gasteiger partial charge in [0.15, 0.2) is 0 Å². The molecule has 0 aromatic rings. The third-order valence-electron chi connectivity index (χ3n) is 2.66. The average Bonchev–Trinajstić information content (AvgIpc) is 2.85. The summed E-state index contributed by atoms with van der Waals surface area (Å²) in [6.07, 6.45) is 16.8. The topological polar surface area (TPSA) is 31.5 Å². The standard InChI is InChI=1S/C10H22.C5H12.C3H8.6C2H6.H2O/c1-3-5-7-9-10-8-6-4-2;1-3-5-4-2;1-3-2;6*1-2;/h3-10H2,1-2H3;3-5H2,1-2H3;3H2,1-2H3;6*1-2H3;1H2. The highest BCUT2D eigenvalue weighted by molar-refractivity contribution is 4.43. The van der Waals surface area contributed by atoms with E-state index in [4.69, 9.17) is 0 Å². The van der Waals surface area contributed by atoms with Crippen molar-refractivity contribution in [2.45, 2.75) is 202 Å². The summed E-state index contributed by atoms with van der Waals surface area (Å²) in [6.45, 7) is 37.2. The van der Waals surface area contributed by atoms with Crippen LogP contribution in [0.2, 0.25) is 0 Å². The van der Waals surface area contributed by atoms with Gasteiger partial charge in [-0.25, -0.2) is 0 Å². The van der Waals surface area contributed by atoms with Crippen molar-refractivity contribution in [1.29, 1.82) is 0 Å². The molecule has 0 heterocycles. The first-order chi connectivity index (χ1) is 14.7. The van der Waals surface area contributed by atoms with Crippen LogP contribution in [-0.4, -0.2) is 5.48 Å². The summed E-state index contributed by atoms with van der Waals surface area (Å²) in [5, 5.41) is 0. The van der Waals surface area contributed by atoms with Crippen molar-refractivity contribution in [3.8, 4) is 0 Å². The summed E-state index contributed by atoms with van der Waals surface area (Å²) in [4.78, 5) is 0. The van der Waals surface area contributed by atoms with E-state index in [1.807, 2.05) is 83.1 Å². The van der Waals surface area contributed by atoms with Crippen LogP contribution in [0.15, 0.2) is 0 Å². The van der Waals surface area contributed by atoms with Crippen molar-refractivity contribution in [2.24, 2.45) is 0 Å². The van der Waals surface area contributed by atoms with E-state index >= 15 is 0 Å². The minimum absolute atomic E-state index is 0. The molecule has 31 heavy (non-hydrogen) atoms. The molecule has 0 fully saturated rings. The van der Waals surface area contributed by atoms with E-state index in [1.165, 1.54) is 77.0 Å². The second kappa shape index (κ2) is 176. The fourth-order valence-corrected chi connectivity index (χ4v) is 1.56. The van der Waals surface area contributed by atoms with E-state index in [0.29, 0.717) is 0 Å². The average molecular weight is 457 g/mol. The number of unbranched alkanes of at least 4 members (excludes halogenated alkanes) is 9. The van der Waals surface area contributed by atoms with Crippen molar-refractivity contribution in [2.75, 3.05) is 0 Å². The van der Waals surface area contributed by atoms with Gasteiger partial charge in [-0.1, -0.05) is 202 Å². The van der Waals surface area contributed by atoms with Gasteiger partial charge in [-0.15, -0.1) is 0 Å². The molecule has 0 aliphatic carbocycles. The Labute approximate surface area is 207 Å². The number of hydrogen-bond acceptors (Lipinski definition) is 0. The third-order valence-corrected chi connectivity index (χ3v) is 2.66. The van der Waals surface area contributed by atoms with Crippen LogP contribution in [0.4, 0.5) is 0 Å². The molecule has 0 aromatic carbocycles. The summed E-state index contributed by atoms with van der Waals surface area (Å²) in [7, 11) is 0. The zero-order valence-electron chi connectivity index (χ0n) is 27.0. The molecule has 0 radical (unpaired) electrons. The van der Waals surface area contributed by atoms with E-state index < -0.39 is 0 Å². The molecule has 0 aliphatic rings. The van der Waals surface area contributed by atoms with Gasteiger partial charge >= 0.3 is 0 Å². The van der Waals surface area contributed by atoms with E-state index in [-0.39, 0.29) is 5.48 Å². The fourth-order valence-electron chi connectivity index (χ4n) is 1.56. The highest BCUT2D eigenvalue weighted by Gasteiger charge is 1.87. The van der Waals surface area contributed by atoms with Gasteiger partial charge in [0, 0.05) is 0 Å². The van der Waals surface area contributed by atoms with E-state index in [9.17, 15) is 0 Å². The van der Waals surface area contributed by atoms with Crippen LogP contribution >= 0.6 is 0 Å². The highest BCUT2D eigenvalue weighted by atomic mass is 16.0. The molecule has 0 unspecified atom stereocenters. The van der Waals surface area contributed by atoms with Gasteiger partial charge in [0.25, 0.3) is 0 Å². The molecule has 0 atom stereocenters. The van der Waals surface area contributed by atoms with Crippen molar-refractivity contribution in [1.82, 2.24) is 0 Å². The van der Waals surface area contributed by atoms with Gasteiger partial charge in [-0.2, -0.15) is 0 Å². The maximum atomic E-state index is 2.27. The van der Waals surface area contributed by atoms with Crippen LogP contribution in [0.25, 0.3) is 0 Å². The van der Waals surface area contributed by atoms with Gasteiger partial charge in [0.05, 0.1) is 0 Å².